The number of hydrogen-bond donors (Lipinski definition) is 1. The lowest BCUT2D eigenvalue weighted by Crippen LogP contribution is -2.30. The molecule has 0 unspecified atom stereocenters. The third-order valence-corrected chi connectivity index (χ3v) is 3.27. The zero-order valence-electron chi connectivity index (χ0n) is 10.4. The number of amides is 1. The molecule has 5 nitrogen and oxygen atoms in total. The largest absolute Gasteiger partial charge is 0.483 e. The predicted octanol–water partition coefficient (Wildman–Crippen LogP) is 1.89. The van der Waals surface area contributed by atoms with Crippen LogP contribution in [0.2, 0.25) is 0 Å². The molecule has 0 heterocycles. The summed E-state index contributed by atoms with van der Waals surface area (Å²) >= 11 is 3.29. The molecule has 1 aliphatic carbocycles. The molecular formula is C13H14BrNO4. The number of nitrogens with one attached hydrogen (secondary N) is 1. The van der Waals surface area contributed by atoms with E-state index >= 15 is 0 Å². The molecule has 1 N–H and O–H groups in total. The van der Waals surface area contributed by atoms with Crippen molar-refractivity contribution in [3.8, 4) is 5.75 Å². The Bertz CT molecular complexity index is 499. The van der Waals surface area contributed by atoms with Crippen molar-refractivity contribution in [2.45, 2.75) is 18.9 Å². The first kappa shape index (κ1) is 13.9. The molecule has 0 aliphatic heterocycles. The van der Waals surface area contributed by atoms with E-state index in [0.29, 0.717) is 21.8 Å². The molecule has 6 heteroatoms. The normalized spacial score (nSPS) is 13.8. The van der Waals surface area contributed by atoms with Crippen LogP contribution in [0.5, 0.6) is 5.75 Å². The van der Waals surface area contributed by atoms with Crippen molar-refractivity contribution >= 4 is 27.8 Å². The van der Waals surface area contributed by atoms with Crippen molar-refractivity contribution in [2.75, 3.05) is 13.7 Å². The van der Waals surface area contributed by atoms with E-state index < -0.39 is 5.97 Å². The number of halogens is 1. The minimum absolute atomic E-state index is 0.0350. The van der Waals surface area contributed by atoms with Gasteiger partial charge in [-0.15, -0.1) is 0 Å². The molecule has 19 heavy (non-hydrogen) atoms. The van der Waals surface area contributed by atoms with Gasteiger partial charge in [-0.3, -0.25) is 4.79 Å². The zero-order chi connectivity index (χ0) is 13.8. The van der Waals surface area contributed by atoms with E-state index in [-0.39, 0.29) is 12.5 Å². The number of esters is 1. The number of methoxy groups -OCH3 is 1. The van der Waals surface area contributed by atoms with E-state index in [1.807, 2.05) is 0 Å². The highest BCUT2D eigenvalue weighted by Gasteiger charge is 2.23. The predicted molar refractivity (Wildman–Crippen MR) is 72.1 cm³/mol. The van der Waals surface area contributed by atoms with Gasteiger partial charge in [-0.2, -0.15) is 0 Å². The molecule has 0 spiro atoms. The molecule has 0 atom stereocenters. The van der Waals surface area contributed by atoms with Gasteiger partial charge in [-0.05, 0) is 47.0 Å². The Morgan fingerprint density at radius 2 is 2.16 bits per heavy atom. The van der Waals surface area contributed by atoms with Gasteiger partial charge in [0.25, 0.3) is 5.91 Å². The maximum atomic E-state index is 11.5. The minimum atomic E-state index is -0.418. The Morgan fingerprint density at radius 1 is 1.42 bits per heavy atom. The third kappa shape index (κ3) is 3.96. The number of hydrogen-bond acceptors (Lipinski definition) is 4. The summed E-state index contributed by atoms with van der Waals surface area (Å²) in [5.74, 6) is -0.0382. The van der Waals surface area contributed by atoms with Gasteiger partial charge in [0.05, 0.1) is 17.1 Å². The van der Waals surface area contributed by atoms with Crippen LogP contribution in [0.1, 0.15) is 23.2 Å². The molecule has 1 amide bonds. The monoisotopic (exact) mass is 327 g/mol. The van der Waals surface area contributed by atoms with Gasteiger partial charge in [0.15, 0.2) is 6.61 Å². The van der Waals surface area contributed by atoms with E-state index in [4.69, 9.17) is 4.74 Å². The number of rotatable bonds is 5. The SMILES string of the molecule is COC(=O)c1ccc(OCC(=O)NC2CC2)c(Br)c1. The van der Waals surface area contributed by atoms with Crippen LogP contribution in [0, 0.1) is 0 Å². The topological polar surface area (TPSA) is 64.6 Å². The lowest BCUT2D eigenvalue weighted by Gasteiger charge is -2.09. The third-order valence-electron chi connectivity index (χ3n) is 2.65. The highest BCUT2D eigenvalue weighted by atomic mass is 79.9. The summed E-state index contributed by atoms with van der Waals surface area (Å²) in [6, 6.07) is 5.13. The highest BCUT2D eigenvalue weighted by Crippen LogP contribution is 2.26. The molecule has 1 aliphatic rings. The summed E-state index contributed by atoms with van der Waals surface area (Å²) in [6.45, 7) is -0.0350. The number of ether oxygens (including phenoxy) is 2. The van der Waals surface area contributed by atoms with Crippen LogP contribution in [0.3, 0.4) is 0 Å². The first-order valence-electron chi connectivity index (χ1n) is 5.90. The first-order chi connectivity index (χ1) is 9.10. The summed E-state index contributed by atoms with van der Waals surface area (Å²) in [6.07, 6.45) is 2.09. The lowest BCUT2D eigenvalue weighted by molar-refractivity contribution is -0.123. The molecule has 1 fully saturated rings. The standard InChI is InChI=1S/C13H14BrNO4/c1-18-13(17)8-2-5-11(10(14)6-8)19-7-12(16)15-9-3-4-9/h2,5-6,9H,3-4,7H2,1H3,(H,15,16). The van der Waals surface area contributed by atoms with Crippen LogP contribution in [0.4, 0.5) is 0 Å². The second-order valence-corrected chi connectivity index (χ2v) is 5.12. The van der Waals surface area contributed by atoms with Crippen LogP contribution in [0.25, 0.3) is 0 Å². The van der Waals surface area contributed by atoms with Gasteiger partial charge in [0.2, 0.25) is 0 Å². The Morgan fingerprint density at radius 3 is 2.74 bits per heavy atom. The highest BCUT2D eigenvalue weighted by molar-refractivity contribution is 9.10. The molecular weight excluding hydrogens is 314 g/mol. The maximum Gasteiger partial charge on any atom is 0.337 e. The summed E-state index contributed by atoms with van der Waals surface area (Å²) in [5, 5.41) is 2.83. The average molecular weight is 328 g/mol. The molecule has 1 aromatic rings. The average Bonchev–Trinajstić information content (AvgIpc) is 3.20. The minimum Gasteiger partial charge on any atom is -0.483 e. The van der Waals surface area contributed by atoms with E-state index in [0.717, 1.165) is 12.8 Å². The van der Waals surface area contributed by atoms with Gasteiger partial charge in [0.1, 0.15) is 5.75 Å². The van der Waals surface area contributed by atoms with Crippen molar-refractivity contribution in [1.82, 2.24) is 5.32 Å². The van der Waals surface area contributed by atoms with Gasteiger partial charge in [0, 0.05) is 6.04 Å². The Balaban J connectivity index is 1.92. The van der Waals surface area contributed by atoms with Gasteiger partial charge >= 0.3 is 5.97 Å². The molecule has 102 valence electrons. The fourth-order valence-electron chi connectivity index (χ4n) is 1.50. The molecule has 0 aromatic heterocycles. The quantitative estimate of drug-likeness (QED) is 0.839. The first-order valence-corrected chi connectivity index (χ1v) is 6.69. The van der Waals surface area contributed by atoms with Crippen molar-refractivity contribution in [1.29, 1.82) is 0 Å². The molecule has 0 saturated heterocycles. The molecule has 0 radical (unpaired) electrons. The van der Waals surface area contributed by atoms with E-state index in [2.05, 4.69) is 26.0 Å². The summed E-state index contributed by atoms with van der Waals surface area (Å²) in [5.41, 5.74) is 0.421. The summed E-state index contributed by atoms with van der Waals surface area (Å²) < 4.78 is 10.6. The van der Waals surface area contributed by atoms with Crippen molar-refractivity contribution in [2.24, 2.45) is 0 Å². The van der Waals surface area contributed by atoms with E-state index in [1.54, 1.807) is 18.2 Å². The molecule has 0 bridgehead atoms. The van der Waals surface area contributed by atoms with Crippen LogP contribution < -0.4 is 10.1 Å². The summed E-state index contributed by atoms with van der Waals surface area (Å²) in [7, 11) is 1.32. The maximum absolute atomic E-state index is 11.5. The fourth-order valence-corrected chi connectivity index (χ4v) is 2.00. The Kier molecular flexibility index (Phi) is 4.42. The fraction of sp³-hybridized carbons (Fsp3) is 0.385. The van der Waals surface area contributed by atoms with E-state index in [1.165, 1.54) is 7.11 Å². The number of benzene rings is 1. The van der Waals surface area contributed by atoms with E-state index in [9.17, 15) is 9.59 Å². The number of carbonyl (C=O) groups is 2. The van der Waals surface area contributed by atoms with Crippen molar-refractivity contribution < 1.29 is 19.1 Å². The molecule has 2 rings (SSSR count). The lowest BCUT2D eigenvalue weighted by atomic mass is 10.2. The van der Waals surface area contributed by atoms with Crippen molar-refractivity contribution in [3.05, 3.63) is 28.2 Å². The van der Waals surface area contributed by atoms with Crippen LogP contribution >= 0.6 is 15.9 Å². The zero-order valence-corrected chi connectivity index (χ0v) is 12.0. The Labute approximate surface area is 119 Å². The van der Waals surface area contributed by atoms with Crippen LogP contribution in [-0.2, 0) is 9.53 Å². The van der Waals surface area contributed by atoms with Crippen molar-refractivity contribution in [3.63, 3.8) is 0 Å². The number of carbonyl (C=O) groups excluding carboxylic acids is 2. The summed E-state index contributed by atoms with van der Waals surface area (Å²) in [4.78, 5) is 22.8. The molecule has 1 saturated carbocycles. The second kappa shape index (κ2) is 6.06. The smallest absolute Gasteiger partial charge is 0.337 e. The van der Waals surface area contributed by atoms with Crippen LogP contribution in [-0.4, -0.2) is 31.6 Å². The van der Waals surface area contributed by atoms with Gasteiger partial charge < -0.3 is 14.8 Å². The Hall–Kier alpha value is -1.56. The van der Waals surface area contributed by atoms with Crippen LogP contribution in [0.15, 0.2) is 22.7 Å². The van der Waals surface area contributed by atoms with Gasteiger partial charge in [-0.1, -0.05) is 0 Å². The van der Waals surface area contributed by atoms with Gasteiger partial charge in [-0.25, -0.2) is 4.79 Å². The second-order valence-electron chi connectivity index (χ2n) is 4.27. The molecule has 1 aromatic carbocycles.